The van der Waals surface area contributed by atoms with Gasteiger partial charge < -0.3 is 5.11 Å². The van der Waals surface area contributed by atoms with Crippen molar-refractivity contribution in [3.8, 4) is 0 Å². The lowest BCUT2D eigenvalue weighted by Gasteiger charge is -2.16. The zero-order valence-corrected chi connectivity index (χ0v) is 10.3. The molecule has 0 saturated heterocycles. The van der Waals surface area contributed by atoms with Gasteiger partial charge in [-0.3, -0.25) is 13.9 Å². The highest BCUT2D eigenvalue weighted by atomic mass is 16.4. The van der Waals surface area contributed by atoms with Crippen LogP contribution in [0.4, 0.5) is 0 Å². The molecule has 0 saturated carbocycles. The molecule has 0 amide bonds. The number of hydrogen-bond acceptors (Lipinski definition) is 3. The topological polar surface area (TPSA) is 81.3 Å². The van der Waals surface area contributed by atoms with E-state index in [-0.39, 0.29) is 17.6 Å². The summed E-state index contributed by atoms with van der Waals surface area (Å²) in [4.78, 5) is 34.8. The number of nitrogens with zero attached hydrogens (tertiary/aromatic N) is 2. The van der Waals surface area contributed by atoms with Gasteiger partial charge in [0.2, 0.25) is 0 Å². The van der Waals surface area contributed by atoms with E-state index in [0.29, 0.717) is 0 Å². The van der Waals surface area contributed by atoms with Crippen molar-refractivity contribution in [2.75, 3.05) is 0 Å². The van der Waals surface area contributed by atoms with Crippen LogP contribution in [0.3, 0.4) is 0 Å². The summed E-state index contributed by atoms with van der Waals surface area (Å²) in [5.41, 5.74) is -1.62. The predicted molar refractivity (Wildman–Crippen MR) is 62.7 cm³/mol. The Balaban J connectivity index is 3.77. The van der Waals surface area contributed by atoms with Gasteiger partial charge in [0, 0.05) is 18.3 Å². The SMILES string of the molecule is CC(C)n1cc(C(=O)O)c(=O)n(C(C)C)c1=O. The smallest absolute Gasteiger partial charge is 0.342 e. The van der Waals surface area contributed by atoms with Crippen LogP contribution in [0.1, 0.15) is 50.1 Å². The van der Waals surface area contributed by atoms with Crippen LogP contribution < -0.4 is 11.2 Å². The van der Waals surface area contributed by atoms with Crippen LogP contribution in [0.15, 0.2) is 15.8 Å². The van der Waals surface area contributed by atoms with Gasteiger partial charge in [-0.05, 0) is 27.7 Å². The minimum absolute atomic E-state index is 0.203. The average Bonchev–Trinajstić information content (AvgIpc) is 2.15. The number of aromatic carboxylic acids is 1. The third-order valence-corrected chi connectivity index (χ3v) is 2.45. The van der Waals surface area contributed by atoms with Crippen LogP contribution in [0.25, 0.3) is 0 Å². The molecule has 0 aliphatic rings. The lowest BCUT2D eigenvalue weighted by atomic mass is 10.3. The minimum Gasteiger partial charge on any atom is -0.477 e. The third-order valence-electron chi connectivity index (χ3n) is 2.45. The van der Waals surface area contributed by atoms with E-state index in [1.807, 2.05) is 0 Å². The first-order valence-electron chi connectivity index (χ1n) is 5.38. The molecule has 17 heavy (non-hydrogen) atoms. The molecule has 6 heteroatoms. The van der Waals surface area contributed by atoms with Gasteiger partial charge in [0.25, 0.3) is 5.56 Å². The summed E-state index contributed by atoms with van der Waals surface area (Å²) < 4.78 is 2.22. The van der Waals surface area contributed by atoms with E-state index in [0.717, 1.165) is 10.8 Å². The molecule has 0 aliphatic carbocycles. The van der Waals surface area contributed by atoms with Crippen LogP contribution >= 0.6 is 0 Å². The second-order valence-electron chi connectivity index (χ2n) is 4.40. The van der Waals surface area contributed by atoms with Crippen molar-refractivity contribution < 1.29 is 9.90 Å². The normalized spacial score (nSPS) is 11.2. The molecule has 0 aromatic carbocycles. The van der Waals surface area contributed by atoms with Crippen LogP contribution in [0, 0.1) is 0 Å². The predicted octanol–water partition coefficient (Wildman–Crippen LogP) is 0.870. The molecule has 1 rings (SSSR count). The number of carboxylic acid groups (broad SMARTS) is 1. The lowest BCUT2D eigenvalue weighted by molar-refractivity contribution is 0.0692. The fraction of sp³-hybridized carbons (Fsp3) is 0.545. The molecule has 6 nitrogen and oxygen atoms in total. The second-order valence-corrected chi connectivity index (χ2v) is 4.40. The highest BCUT2D eigenvalue weighted by Gasteiger charge is 2.18. The van der Waals surface area contributed by atoms with E-state index in [9.17, 15) is 14.4 Å². The highest BCUT2D eigenvalue weighted by Crippen LogP contribution is 2.03. The van der Waals surface area contributed by atoms with E-state index in [1.54, 1.807) is 27.7 Å². The lowest BCUT2D eigenvalue weighted by Crippen LogP contribution is -2.43. The molecule has 1 heterocycles. The highest BCUT2D eigenvalue weighted by molar-refractivity contribution is 5.86. The van der Waals surface area contributed by atoms with Gasteiger partial charge >= 0.3 is 11.7 Å². The standard InChI is InChI=1S/C11H16N2O4/c1-6(2)12-5-8(10(15)16)9(14)13(7(3)4)11(12)17/h5-7H,1-4H3,(H,15,16). The molecule has 0 unspecified atom stereocenters. The molecule has 0 aliphatic heterocycles. The van der Waals surface area contributed by atoms with Gasteiger partial charge in [-0.1, -0.05) is 0 Å². The molecule has 94 valence electrons. The Labute approximate surface area is 98.1 Å². The largest absolute Gasteiger partial charge is 0.477 e. The average molecular weight is 240 g/mol. The molecule has 1 aromatic heterocycles. The van der Waals surface area contributed by atoms with Gasteiger partial charge in [0.05, 0.1) is 0 Å². The summed E-state index contributed by atoms with van der Waals surface area (Å²) in [6.07, 6.45) is 1.11. The molecule has 1 N–H and O–H groups in total. The van der Waals surface area contributed by atoms with E-state index in [2.05, 4.69) is 0 Å². The Bertz CT molecular complexity index is 552. The number of aromatic nitrogens is 2. The van der Waals surface area contributed by atoms with Crippen molar-refractivity contribution in [3.05, 3.63) is 32.6 Å². The summed E-state index contributed by atoms with van der Waals surface area (Å²) in [5.74, 6) is -1.32. The maximum Gasteiger partial charge on any atom is 0.342 e. The Morgan fingerprint density at radius 3 is 2.06 bits per heavy atom. The van der Waals surface area contributed by atoms with Gasteiger partial charge in [-0.25, -0.2) is 9.59 Å². The van der Waals surface area contributed by atoms with Crippen LogP contribution in [-0.2, 0) is 0 Å². The van der Waals surface area contributed by atoms with Crippen molar-refractivity contribution in [1.29, 1.82) is 0 Å². The summed E-state index contributed by atoms with van der Waals surface area (Å²) >= 11 is 0. The first-order chi connectivity index (χ1) is 7.77. The van der Waals surface area contributed by atoms with Crippen molar-refractivity contribution in [2.24, 2.45) is 0 Å². The van der Waals surface area contributed by atoms with E-state index in [1.165, 1.54) is 4.57 Å². The quantitative estimate of drug-likeness (QED) is 0.850. The summed E-state index contributed by atoms with van der Waals surface area (Å²) in [6, 6.07) is -0.578. The second kappa shape index (κ2) is 4.57. The van der Waals surface area contributed by atoms with Gasteiger partial charge in [-0.2, -0.15) is 0 Å². The Hall–Kier alpha value is -1.85. The van der Waals surface area contributed by atoms with Crippen molar-refractivity contribution >= 4 is 5.97 Å². The Kier molecular flexibility index (Phi) is 3.55. The maximum atomic E-state index is 12.0. The van der Waals surface area contributed by atoms with Crippen LogP contribution in [0.5, 0.6) is 0 Å². The van der Waals surface area contributed by atoms with E-state index < -0.39 is 17.2 Å². The zero-order chi connectivity index (χ0) is 13.3. The fourth-order valence-electron chi connectivity index (χ4n) is 1.56. The molecule has 0 fully saturated rings. The number of carbonyl (C=O) groups is 1. The molecule has 0 atom stereocenters. The minimum atomic E-state index is -1.32. The summed E-state index contributed by atoms with van der Waals surface area (Å²) in [6.45, 7) is 6.84. The molecular weight excluding hydrogens is 224 g/mol. The summed E-state index contributed by atoms with van der Waals surface area (Å²) in [5, 5.41) is 8.94. The van der Waals surface area contributed by atoms with Crippen molar-refractivity contribution in [3.63, 3.8) is 0 Å². The van der Waals surface area contributed by atoms with E-state index >= 15 is 0 Å². The van der Waals surface area contributed by atoms with Crippen molar-refractivity contribution in [1.82, 2.24) is 9.13 Å². The Morgan fingerprint density at radius 2 is 1.71 bits per heavy atom. The molecule has 0 spiro atoms. The first-order valence-corrected chi connectivity index (χ1v) is 5.38. The van der Waals surface area contributed by atoms with Crippen LogP contribution in [-0.4, -0.2) is 20.2 Å². The summed E-state index contributed by atoms with van der Waals surface area (Å²) in [7, 11) is 0. The van der Waals surface area contributed by atoms with Crippen molar-refractivity contribution in [2.45, 2.75) is 39.8 Å². The maximum absolute atomic E-state index is 12.0. The molecule has 1 aromatic rings. The van der Waals surface area contributed by atoms with Gasteiger partial charge in [0.1, 0.15) is 5.56 Å². The monoisotopic (exact) mass is 240 g/mol. The first kappa shape index (κ1) is 13.2. The fourth-order valence-corrected chi connectivity index (χ4v) is 1.56. The number of hydrogen-bond donors (Lipinski definition) is 1. The molecular formula is C11H16N2O4. The van der Waals surface area contributed by atoms with Gasteiger partial charge in [0.15, 0.2) is 0 Å². The third kappa shape index (κ3) is 2.30. The number of rotatable bonds is 3. The number of carboxylic acids is 1. The van der Waals surface area contributed by atoms with E-state index in [4.69, 9.17) is 5.11 Å². The zero-order valence-electron chi connectivity index (χ0n) is 10.3. The molecule has 0 bridgehead atoms. The van der Waals surface area contributed by atoms with Gasteiger partial charge in [-0.15, -0.1) is 0 Å². The van der Waals surface area contributed by atoms with Crippen LogP contribution in [0.2, 0.25) is 0 Å². The molecule has 0 radical (unpaired) electrons. The Morgan fingerprint density at radius 1 is 1.18 bits per heavy atom.